The number of carbonyl (C=O) groups is 1. The average Bonchev–Trinajstić information content (AvgIpc) is 2.96. The number of hydrogen-bond acceptors (Lipinski definition) is 2. The summed E-state index contributed by atoms with van der Waals surface area (Å²) in [5.41, 5.74) is 2.86. The van der Waals surface area contributed by atoms with Gasteiger partial charge in [0.15, 0.2) is 0 Å². The number of rotatable bonds is 3. The number of nitrogens with one attached hydrogen (secondary N) is 1. The van der Waals surface area contributed by atoms with E-state index in [-0.39, 0.29) is 11.8 Å². The van der Waals surface area contributed by atoms with E-state index in [4.69, 9.17) is 11.6 Å². The molecule has 1 N–H and O–H groups in total. The maximum absolute atomic E-state index is 12.2. The topological polar surface area (TPSA) is 49.0 Å². The molecule has 0 saturated carbocycles. The number of fused-ring (bicyclic) bond motifs is 1. The molecular weight excluding hydrogens is 322 g/mol. The molecule has 1 aromatic heterocycles. The SMILES string of the molecule is O=C(C=Cc1ccccc1Cl)N1CC(c2nc3ccccc3[nH]2)C1. The van der Waals surface area contributed by atoms with Gasteiger partial charge in [0.25, 0.3) is 0 Å². The van der Waals surface area contributed by atoms with Crippen LogP contribution in [0.2, 0.25) is 5.02 Å². The molecule has 1 fully saturated rings. The molecule has 1 aliphatic rings. The Balaban J connectivity index is 1.40. The smallest absolute Gasteiger partial charge is 0.246 e. The van der Waals surface area contributed by atoms with Crippen molar-refractivity contribution in [1.82, 2.24) is 14.9 Å². The Morgan fingerprint density at radius 1 is 1.17 bits per heavy atom. The number of halogens is 1. The molecule has 2 aromatic carbocycles. The molecule has 3 aromatic rings. The van der Waals surface area contributed by atoms with Crippen LogP contribution in [0.5, 0.6) is 0 Å². The zero-order valence-electron chi connectivity index (χ0n) is 12.9. The third-order valence-corrected chi connectivity index (χ3v) is 4.64. The number of aromatic amines is 1. The van der Waals surface area contributed by atoms with Crippen molar-refractivity contribution in [2.75, 3.05) is 13.1 Å². The van der Waals surface area contributed by atoms with Gasteiger partial charge in [-0.1, -0.05) is 41.9 Å². The predicted molar refractivity (Wildman–Crippen MR) is 95.9 cm³/mol. The van der Waals surface area contributed by atoms with E-state index in [1.165, 1.54) is 0 Å². The summed E-state index contributed by atoms with van der Waals surface area (Å²) in [6, 6.07) is 15.4. The van der Waals surface area contributed by atoms with Crippen LogP contribution in [0.4, 0.5) is 0 Å². The molecule has 24 heavy (non-hydrogen) atoms. The second kappa shape index (κ2) is 6.13. The first-order valence-electron chi connectivity index (χ1n) is 7.87. The van der Waals surface area contributed by atoms with E-state index in [0.717, 1.165) is 22.4 Å². The van der Waals surface area contributed by atoms with Crippen LogP contribution in [0, 0.1) is 0 Å². The van der Waals surface area contributed by atoms with Crippen molar-refractivity contribution in [3.63, 3.8) is 0 Å². The minimum atomic E-state index is 0.00211. The fraction of sp³-hybridized carbons (Fsp3) is 0.158. The third-order valence-electron chi connectivity index (χ3n) is 4.30. The highest BCUT2D eigenvalue weighted by molar-refractivity contribution is 6.32. The van der Waals surface area contributed by atoms with Gasteiger partial charge in [-0.05, 0) is 29.8 Å². The lowest BCUT2D eigenvalue weighted by Crippen LogP contribution is -2.48. The van der Waals surface area contributed by atoms with Crippen LogP contribution in [-0.2, 0) is 4.79 Å². The van der Waals surface area contributed by atoms with Crippen LogP contribution in [0.15, 0.2) is 54.6 Å². The predicted octanol–water partition coefficient (Wildman–Crippen LogP) is 3.86. The normalized spacial score (nSPS) is 15.1. The lowest BCUT2D eigenvalue weighted by atomic mass is 9.99. The quantitative estimate of drug-likeness (QED) is 0.738. The molecule has 0 aliphatic carbocycles. The molecule has 4 rings (SSSR count). The molecule has 0 unspecified atom stereocenters. The van der Waals surface area contributed by atoms with Crippen LogP contribution < -0.4 is 0 Å². The number of para-hydroxylation sites is 2. The fourth-order valence-electron chi connectivity index (χ4n) is 2.87. The second-order valence-corrected chi connectivity index (χ2v) is 6.34. The van der Waals surface area contributed by atoms with Gasteiger partial charge < -0.3 is 9.88 Å². The standard InChI is InChI=1S/C19H16ClN3O/c20-15-6-2-1-5-13(15)9-10-18(24)23-11-14(12-23)19-21-16-7-3-4-8-17(16)22-19/h1-10,14H,11-12H2,(H,21,22). The number of imidazole rings is 1. The van der Waals surface area contributed by atoms with Crippen LogP contribution in [-0.4, -0.2) is 33.9 Å². The van der Waals surface area contributed by atoms with E-state index in [0.29, 0.717) is 18.1 Å². The van der Waals surface area contributed by atoms with Crippen LogP contribution in [0.1, 0.15) is 17.3 Å². The molecule has 2 heterocycles. The van der Waals surface area contributed by atoms with Gasteiger partial charge in [0.05, 0.1) is 17.0 Å². The van der Waals surface area contributed by atoms with E-state index in [9.17, 15) is 4.79 Å². The Kier molecular flexibility index (Phi) is 3.82. The molecule has 1 aliphatic heterocycles. The Morgan fingerprint density at radius 3 is 2.71 bits per heavy atom. The summed E-state index contributed by atoms with van der Waals surface area (Å²) >= 11 is 6.09. The highest BCUT2D eigenvalue weighted by Crippen LogP contribution is 2.27. The van der Waals surface area contributed by atoms with Crippen molar-refractivity contribution in [2.45, 2.75) is 5.92 Å². The Bertz CT molecular complexity index is 892. The Morgan fingerprint density at radius 2 is 1.92 bits per heavy atom. The molecule has 1 amide bonds. The van der Waals surface area contributed by atoms with E-state index >= 15 is 0 Å². The number of hydrogen-bond donors (Lipinski definition) is 1. The summed E-state index contributed by atoms with van der Waals surface area (Å²) < 4.78 is 0. The fourth-order valence-corrected chi connectivity index (χ4v) is 3.07. The van der Waals surface area contributed by atoms with Gasteiger partial charge in [-0.2, -0.15) is 0 Å². The molecule has 0 spiro atoms. The van der Waals surface area contributed by atoms with E-state index in [2.05, 4.69) is 9.97 Å². The van der Waals surface area contributed by atoms with Crippen molar-refractivity contribution < 1.29 is 4.79 Å². The highest BCUT2D eigenvalue weighted by Gasteiger charge is 2.32. The first kappa shape index (κ1) is 15.0. The monoisotopic (exact) mass is 337 g/mol. The second-order valence-electron chi connectivity index (χ2n) is 5.93. The van der Waals surface area contributed by atoms with E-state index in [1.54, 1.807) is 12.2 Å². The number of H-pyrrole nitrogens is 1. The summed E-state index contributed by atoms with van der Waals surface area (Å²) in [4.78, 5) is 22.0. The lowest BCUT2D eigenvalue weighted by Gasteiger charge is -2.37. The molecule has 0 radical (unpaired) electrons. The van der Waals surface area contributed by atoms with Gasteiger partial charge in [0.1, 0.15) is 5.82 Å². The Hall–Kier alpha value is -2.59. The summed E-state index contributed by atoms with van der Waals surface area (Å²) in [5, 5.41) is 0.644. The van der Waals surface area contributed by atoms with Gasteiger partial charge in [0.2, 0.25) is 5.91 Å². The molecule has 4 nitrogen and oxygen atoms in total. The minimum Gasteiger partial charge on any atom is -0.342 e. The lowest BCUT2D eigenvalue weighted by molar-refractivity contribution is -0.130. The van der Waals surface area contributed by atoms with E-state index < -0.39 is 0 Å². The molecule has 0 atom stereocenters. The zero-order chi connectivity index (χ0) is 16.5. The van der Waals surface area contributed by atoms with Gasteiger partial charge in [-0.3, -0.25) is 4.79 Å². The number of benzene rings is 2. The van der Waals surface area contributed by atoms with Crippen molar-refractivity contribution >= 4 is 34.6 Å². The van der Waals surface area contributed by atoms with Crippen LogP contribution >= 0.6 is 11.6 Å². The van der Waals surface area contributed by atoms with Crippen LogP contribution in [0.25, 0.3) is 17.1 Å². The number of carbonyl (C=O) groups excluding carboxylic acids is 1. The van der Waals surface area contributed by atoms with Crippen LogP contribution in [0.3, 0.4) is 0 Å². The van der Waals surface area contributed by atoms with Gasteiger partial charge >= 0.3 is 0 Å². The maximum Gasteiger partial charge on any atom is 0.246 e. The van der Waals surface area contributed by atoms with E-state index in [1.807, 2.05) is 53.4 Å². The first-order valence-corrected chi connectivity index (χ1v) is 8.24. The largest absolute Gasteiger partial charge is 0.342 e. The Labute approximate surface area is 144 Å². The molecule has 120 valence electrons. The third kappa shape index (κ3) is 2.81. The summed E-state index contributed by atoms with van der Waals surface area (Å²) in [6.07, 6.45) is 3.34. The number of nitrogens with zero attached hydrogens (tertiary/aromatic N) is 2. The van der Waals surface area contributed by atoms with Gasteiger partial charge in [0, 0.05) is 24.2 Å². The van der Waals surface area contributed by atoms with Gasteiger partial charge in [-0.25, -0.2) is 4.98 Å². The van der Waals surface area contributed by atoms with Crippen molar-refractivity contribution in [3.05, 3.63) is 71.0 Å². The number of aromatic nitrogens is 2. The van der Waals surface area contributed by atoms with Crippen molar-refractivity contribution in [2.24, 2.45) is 0 Å². The van der Waals surface area contributed by atoms with Crippen molar-refractivity contribution in [3.8, 4) is 0 Å². The molecular formula is C19H16ClN3O. The summed E-state index contributed by atoms with van der Waals surface area (Å²) in [6.45, 7) is 1.37. The molecule has 0 bridgehead atoms. The molecule has 1 saturated heterocycles. The van der Waals surface area contributed by atoms with Crippen molar-refractivity contribution in [1.29, 1.82) is 0 Å². The zero-order valence-corrected chi connectivity index (χ0v) is 13.7. The minimum absolute atomic E-state index is 0.00211. The highest BCUT2D eigenvalue weighted by atomic mass is 35.5. The molecule has 5 heteroatoms. The summed E-state index contributed by atoms with van der Waals surface area (Å²) in [5.74, 6) is 1.23. The summed E-state index contributed by atoms with van der Waals surface area (Å²) in [7, 11) is 0. The number of likely N-dealkylation sites (tertiary alicyclic amines) is 1. The average molecular weight is 338 g/mol. The first-order chi connectivity index (χ1) is 11.7. The maximum atomic E-state index is 12.2. The number of amides is 1. The van der Waals surface area contributed by atoms with Gasteiger partial charge in [-0.15, -0.1) is 0 Å².